The van der Waals surface area contributed by atoms with Crippen LogP contribution in [-0.2, 0) is 6.54 Å². The van der Waals surface area contributed by atoms with E-state index in [1.54, 1.807) is 24.5 Å². The molecule has 1 N–H and O–H groups in total. The van der Waals surface area contributed by atoms with Crippen LogP contribution in [0.1, 0.15) is 18.9 Å². The van der Waals surface area contributed by atoms with E-state index in [4.69, 9.17) is 0 Å². The minimum Gasteiger partial charge on any atom is -0.313 e. The summed E-state index contributed by atoms with van der Waals surface area (Å²) in [6.45, 7) is 3.82. The predicted octanol–water partition coefficient (Wildman–Crippen LogP) is 2.55. The van der Waals surface area contributed by atoms with E-state index >= 15 is 0 Å². The molecule has 0 aliphatic rings. The third kappa shape index (κ3) is 3.58. The minimum absolute atomic E-state index is 0.0640. The first-order valence-corrected chi connectivity index (χ1v) is 6.47. The summed E-state index contributed by atoms with van der Waals surface area (Å²) in [6.07, 6.45) is 4.63. The summed E-state index contributed by atoms with van der Waals surface area (Å²) in [6, 6.07) is 6.22. The van der Waals surface area contributed by atoms with Gasteiger partial charge in [0.15, 0.2) is 5.82 Å². The number of nitrogens with zero attached hydrogens (tertiary/aromatic N) is 3. The van der Waals surface area contributed by atoms with Crippen molar-refractivity contribution >= 4 is 5.69 Å². The van der Waals surface area contributed by atoms with Gasteiger partial charge in [-0.2, -0.15) is 0 Å². The first-order chi connectivity index (χ1) is 9.70. The second-order valence-electron chi connectivity index (χ2n) is 4.40. The van der Waals surface area contributed by atoms with Crippen molar-refractivity contribution < 1.29 is 4.92 Å². The highest BCUT2D eigenvalue weighted by Gasteiger charge is 2.06. The largest absolute Gasteiger partial charge is 0.313 e. The Labute approximate surface area is 117 Å². The van der Waals surface area contributed by atoms with Gasteiger partial charge in [0.05, 0.1) is 4.92 Å². The molecule has 0 radical (unpaired) electrons. The molecule has 0 unspecified atom stereocenters. The van der Waals surface area contributed by atoms with Gasteiger partial charge in [-0.1, -0.05) is 6.92 Å². The van der Waals surface area contributed by atoms with E-state index in [1.165, 1.54) is 12.1 Å². The van der Waals surface area contributed by atoms with Crippen molar-refractivity contribution in [1.82, 2.24) is 15.3 Å². The molecule has 6 nitrogen and oxygen atoms in total. The molecule has 2 rings (SSSR count). The van der Waals surface area contributed by atoms with E-state index in [0.717, 1.165) is 30.6 Å². The van der Waals surface area contributed by atoms with Crippen LogP contribution >= 0.6 is 0 Å². The molecule has 0 saturated heterocycles. The van der Waals surface area contributed by atoms with Gasteiger partial charge in [-0.3, -0.25) is 10.1 Å². The van der Waals surface area contributed by atoms with Crippen LogP contribution < -0.4 is 5.32 Å². The van der Waals surface area contributed by atoms with Crippen LogP contribution in [0.25, 0.3) is 11.4 Å². The number of aromatic nitrogens is 2. The third-order valence-corrected chi connectivity index (χ3v) is 2.80. The Morgan fingerprint density at radius 2 is 1.85 bits per heavy atom. The Hall–Kier alpha value is -2.34. The quantitative estimate of drug-likeness (QED) is 0.496. The fourth-order valence-corrected chi connectivity index (χ4v) is 1.74. The van der Waals surface area contributed by atoms with Crippen LogP contribution in [0.4, 0.5) is 5.69 Å². The Morgan fingerprint density at radius 1 is 1.20 bits per heavy atom. The monoisotopic (exact) mass is 272 g/mol. The predicted molar refractivity (Wildman–Crippen MR) is 76.1 cm³/mol. The molecule has 0 atom stereocenters. The second kappa shape index (κ2) is 6.72. The van der Waals surface area contributed by atoms with Crippen molar-refractivity contribution in [1.29, 1.82) is 0 Å². The molecule has 0 bridgehead atoms. The van der Waals surface area contributed by atoms with Gasteiger partial charge < -0.3 is 5.32 Å². The van der Waals surface area contributed by atoms with Gasteiger partial charge in [0.25, 0.3) is 5.69 Å². The van der Waals surface area contributed by atoms with Crippen LogP contribution in [0.15, 0.2) is 36.7 Å². The summed E-state index contributed by atoms with van der Waals surface area (Å²) in [4.78, 5) is 18.7. The third-order valence-electron chi connectivity index (χ3n) is 2.80. The highest BCUT2D eigenvalue weighted by Crippen LogP contribution is 2.18. The fourth-order valence-electron chi connectivity index (χ4n) is 1.74. The fraction of sp³-hybridized carbons (Fsp3) is 0.286. The normalized spacial score (nSPS) is 10.4. The number of benzene rings is 1. The molecular weight excluding hydrogens is 256 g/mol. The van der Waals surface area contributed by atoms with Crippen LogP contribution in [-0.4, -0.2) is 21.4 Å². The Balaban J connectivity index is 2.07. The molecule has 6 heteroatoms. The van der Waals surface area contributed by atoms with Crippen molar-refractivity contribution in [3.05, 3.63) is 52.3 Å². The second-order valence-corrected chi connectivity index (χ2v) is 4.40. The topological polar surface area (TPSA) is 81.0 Å². The molecule has 2 aromatic rings. The maximum absolute atomic E-state index is 10.6. The van der Waals surface area contributed by atoms with Crippen molar-refractivity contribution in [3.8, 4) is 11.4 Å². The smallest absolute Gasteiger partial charge is 0.269 e. The van der Waals surface area contributed by atoms with Crippen molar-refractivity contribution in [3.63, 3.8) is 0 Å². The molecule has 0 aliphatic heterocycles. The van der Waals surface area contributed by atoms with Gasteiger partial charge in [0, 0.05) is 42.2 Å². The zero-order chi connectivity index (χ0) is 14.4. The zero-order valence-electron chi connectivity index (χ0n) is 11.2. The van der Waals surface area contributed by atoms with Gasteiger partial charge >= 0.3 is 0 Å². The maximum Gasteiger partial charge on any atom is 0.269 e. The van der Waals surface area contributed by atoms with Gasteiger partial charge in [0.2, 0.25) is 0 Å². The lowest BCUT2D eigenvalue weighted by Gasteiger charge is -2.04. The lowest BCUT2D eigenvalue weighted by Crippen LogP contribution is -2.14. The highest BCUT2D eigenvalue weighted by atomic mass is 16.6. The standard InChI is InChI=1S/C14H16N4O2/c1-2-7-15-8-11-9-16-14(17-10-11)12-3-5-13(6-4-12)18(19)20/h3-6,9-10,15H,2,7-8H2,1H3. The summed E-state index contributed by atoms with van der Waals surface area (Å²) < 4.78 is 0. The number of hydrogen-bond donors (Lipinski definition) is 1. The molecule has 104 valence electrons. The van der Waals surface area contributed by atoms with E-state index in [9.17, 15) is 10.1 Å². The number of hydrogen-bond acceptors (Lipinski definition) is 5. The summed E-state index contributed by atoms with van der Waals surface area (Å²) in [5.41, 5.74) is 1.85. The molecule has 0 fully saturated rings. The number of rotatable bonds is 6. The average Bonchev–Trinajstić information content (AvgIpc) is 2.48. The van der Waals surface area contributed by atoms with Crippen LogP contribution in [0.5, 0.6) is 0 Å². The summed E-state index contributed by atoms with van der Waals surface area (Å²) in [5, 5.41) is 13.9. The molecule has 20 heavy (non-hydrogen) atoms. The van der Waals surface area contributed by atoms with Gasteiger partial charge in [0.1, 0.15) is 0 Å². The average molecular weight is 272 g/mol. The molecule has 0 saturated carbocycles. The lowest BCUT2D eigenvalue weighted by molar-refractivity contribution is -0.384. The lowest BCUT2D eigenvalue weighted by atomic mass is 10.2. The number of nitrogens with one attached hydrogen (secondary N) is 1. The summed E-state index contributed by atoms with van der Waals surface area (Å²) in [5.74, 6) is 0.569. The Bertz CT molecular complexity index is 567. The van der Waals surface area contributed by atoms with Crippen molar-refractivity contribution in [2.75, 3.05) is 6.54 Å². The SMILES string of the molecule is CCCNCc1cnc(-c2ccc([N+](=O)[O-])cc2)nc1. The van der Waals surface area contributed by atoms with Crippen molar-refractivity contribution in [2.24, 2.45) is 0 Å². The maximum atomic E-state index is 10.6. The van der Waals surface area contributed by atoms with Crippen LogP contribution in [0.2, 0.25) is 0 Å². The van der Waals surface area contributed by atoms with E-state index in [2.05, 4.69) is 22.2 Å². The van der Waals surface area contributed by atoms with Gasteiger partial charge in [-0.05, 0) is 25.1 Å². The number of nitro groups is 1. The highest BCUT2D eigenvalue weighted by molar-refractivity contribution is 5.56. The Morgan fingerprint density at radius 3 is 2.40 bits per heavy atom. The molecule has 1 aromatic heterocycles. The van der Waals surface area contributed by atoms with Crippen LogP contribution in [0.3, 0.4) is 0 Å². The number of nitro benzene ring substituents is 1. The molecule has 0 amide bonds. The van der Waals surface area contributed by atoms with Gasteiger partial charge in [-0.15, -0.1) is 0 Å². The molecule has 1 heterocycles. The zero-order valence-corrected chi connectivity index (χ0v) is 11.2. The molecule has 0 aliphatic carbocycles. The van der Waals surface area contributed by atoms with E-state index in [1.807, 2.05) is 0 Å². The first-order valence-electron chi connectivity index (χ1n) is 6.47. The van der Waals surface area contributed by atoms with E-state index in [0.29, 0.717) is 5.82 Å². The van der Waals surface area contributed by atoms with Gasteiger partial charge in [-0.25, -0.2) is 9.97 Å². The van der Waals surface area contributed by atoms with E-state index < -0.39 is 4.92 Å². The summed E-state index contributed by atoms with van der Waals surface area (Å²) in [7, 11) is 0. The molecule has 0 spiro atoms. The Kier molecular flexibility index (Phi) is 4.73. The number of non-ortho nitro benzene ring substituents is 1. The van der Waals surface area contributed by atoms with Crippen LogP contribution in [0, 0.1) is 10.1 Å². The van der Waals surface area contributed by atoms with E-state index in [-0.39, 0.29) is 5.69 Å². The minimum atomic E-state index is -0.423. The first kappa shape index (κ1) is 14.1. The summed E-state index contributed by atoms with van der Waals surface area (Å²) >= 11 is 0. The van der Waals surface area contributed by atoms with Crippen molar-refractivity contribution in [2.45, 2.75) is 19.9 Å². The molecule has 1 aromatic carbocycles. The molecular formula is C14H16N4O2.